The van der Waals surface area contributed by atoms with Gasteiger partial charge in [0, 0.05) is 13.3 Å². The smallest absolute Gasteiger partial charge is 0.338 e. The van der Waals surface area contributed by atoms with E-state index >= 15 is 0 Å². The Labute approximate surface area is 141 Å². The normalized spacial score (nSPS) is 21.6. The second-order valence-electron chi connectivity index (χ2n) is 6.57. The van der Waals surface area contributed by atoms with E-state index in [1.165, 1.54) is 19.4 Å². The summed E-state index contributed by atoms with van der Waals surface area (Å²) in [4.78, 5) is 32.7. The molecule has 1 aromatic heterocycles. The summed E-state index contributed by atoms with van der Waals surface area (Å²) in [6, 6.07) is 1.49. The van der Waals surface area contributed by atoms with Crippen LogP contribution >= 0.6 is 0 Å². The summed E-state index contributed by atoms with van der Waals surface area (Å²) >= 11 is 0. The monoisotopic (exact) mass is 333 g/mol. The number of nitrogens with one attached hydrogen (secondary N) is 1. The summed E-state index contributed by atoms with van der Waals surface area (Å²) in [5.41, 5.74) is -0.145. The van der Waals surface area contributed by atoms with Gasteiger partial charge in [-0.25, -0.2) is 9.79 Å². The number of rotatable bonds is 6. The van der Waals surface area contributed by atoms with Gasteiger partial charge in [-0.3, -0.25) is 9.78 Å². The number of amides is 1. The van der Waals surface area contributed by atoms with Crippen LogP contribution in [0.5, 0.6) is 0 Å². The van der Waals surface area contributed by atoms with E-state index in [9.17, 15) is 14.7 Å². The molecule has 0 saturated heterocycles. The van der Waals surface area contributed by atoms with E-state index in [-0.39, 0.29) is 41.4 Å². The molecule has 1 aliphatic heterocycles. The van der Waals surface area contributed by atoms with Crippen LogP contribution in [0.2, 0.25) is 0 Å². The number of carbonyl (C=O) groups is 2. The second kappa shape index (κ2) is 6.68. The number of hydrogen-bond donors (Lipinski definition) is 2. The van der Waals surface area contributed by atoms with Crippen molar-refractivity contribution in [3.63, 3.8) is 0 Å². The van der Waals surface area contributed by atoms with Crippen LogP contribution in [0, 0.1) is 11.8 Å². The van der Waals surface area contributed by atoms with Crippen molar-refractivity contribution in [2.24, 2.45) is 16.8 Å². The summed E-state index contributed by atoms with van der Waals surface area (Å²) < 4.78 is 5.00. The lowest BCUT2D eigenvalue weighted by Gasteiger charge is -2.28. The van der Waals surface area contributed by atoms with E-state index in [0.29, 0.717) is 5.56 Å². The molecule has 2 rings (SSSR count). The summed E-state index contributed by atoms with van der Waals surface area (Å²) in [6.07, 6.45) is 1.53. The van der Waals surface area contributed by atoms with Crippen molar-refractivity contribution in [3.8, 4) is 0 Å². The van der Waals surface area contributed by atoms with Crippen molar-refractivity contribution in [3.05, 3.63) is 29.1 Å². The number of hydrogen-bond acceptors (Lipinski definition) is 5. The SMILES string of the molecule is COCc1cnc(C2=NC(C)(C(C)C(C)C)C(=O)N2)c(C(=O)O)c1. The molecule has 7 nitrogen and oxygen atoms in total. The van der Waals surface area contributed by atoms with Crippen molar-refractivity contribution in [1.29, 1.82) is 0 Å². The molecule has 2 atom stereocenters. The number of methoxy groups -OCH3 is 1. The minimum Gasteiger partial charge on any atom is -0.478 e. The van der Waals surface area contributed by atoms with E-state index in [0.717, 1.165) is 0 Å². The number of aromatic nitrogens is 1. The van der Waals surface area contributed by atoms with Gasteiger partial charge in [0.15, 0.2) is 5.84 Å². The Morgan fingerprint density at radius 1 is 1.42 bits per heavy atom. The highest BCUT2D eigenvalue weighted by Gasteiger charge is 2.45. The largest absolute Gasteiger partial charge is 0.478 e. The van der Waals surface area contributed by atoms with Crippen molar-refractivity contribution >= 4 is 17.7 Å². The zero-order valence-electron chi connectivity index (χ0n) is 14.6. The van der Waals surface area contributed by atoms with Crippen molar-refractivity contribution in [1.82, 2.24) is 10.3 Å². The fourth-order valence-electron chi connectivity index (χ4n) is 2.72. The first-order chi connectivity index (χ1) is 11.2. The molecule has 130 valence electrons. The third kappa shape index (κ3) is 3.17. The first-order valence-electron chi connectivity index (χ1n) is 7.83. The number of carboxylic acids is 1. The Morgan fingerprint density at radius 3 is 2.62 bits per heavy atom. The Bertz CT molecular complexity index is 699. The van der Waals surface area contributed by atoms with Crippen LogP contribution in [0.1, 0.15) is 49.3 Å². The predicted molar refractivity (Wildman–Crippen MR) is 89.0 cm³/mol. The van der Waals surface area contributed by atoms with Crippen molar-refractivity contribution in [2.45, 2.75) is 39.8 Å². The van der Waals surface area contributed by atoms with E-state index in [2.05, 4.69) is 15.3 Å². The number of pyridine rings is 1. The maximum Gasteiger partial charge on any atom is 0.338 e. The molecule has 0 spiro atoms. The van der Waals surface area contributed by atoms with Crippen LogP contribution < -0.4 is 5.32 Å². The van der Waals surface area contributed by atoms with Gasteiger partial charge < -0.3 is 15.2 Å². The van der Waals surface area contributed by atoms with Crippen LogP contribution in [0.25, 0.3) is 0 Å². The molecule has 2 unspecified atom stereocenters. The topological polar surface area (TPSA) is 101 Å². The molecule has 0 saturated carbocycles. The van der Waals surface area contributed by atoms with Crippen LogP contribution in [0.3, 0.4) is 0 Å². The van der Waals surface area contributed by atoms with Gasteiger partial charge in [-0.2, -0.15) is 0 Å². The van der Waals surface area contributed by atoms with Gasteiger partial charge in [0.1, 0.15) is 11.2 Å². The molecule has 0 aromatic carbocycles. The van der Waals surface area contributed by atoms with Gasteiger partial charge in [-0.1, -0.05) is 20.8 Å². The molecule has 0 radical (unpaired) electrons. The Hall–Kier alpha value is -2.28. The number of aliphatic imine (C=N–C) groups is 1. The Morgan fingerprint density at radius 2 is 2.08 bits per heavy atom. The van der Waals surface area contributed by atoms with E-state index < -0.39 is 11.5 Å². The van der Waals surface area contributed by atoms with E-state index in [4.69, 9.17) is 4.74 Å². The molecule has 0 aliphatic carbocycles. The van der Waals surface area contributed by atoms with Gasteiger partial charge >= 0.3 is 5.97 Å². The van der Waals surface area contributed by atoms with Crippen LogP contribution in [0.15, 0.2) is 17.3 Å². The maximum atomic E-state index is 12.5. The second-order valence-corrected chi connectivity index (χ2v) is 6.57. The number of carboxylic acid groups (broad SMARTS) is 1. The molecule has 1 aromatic rings. The number of aromatic carboxylic acids is 1. The highest BCUT2D eigenvalue weighted by molar-refractivity contribution is 6.17. The predicted octanol–water partition coefficient (Wildman–Crippen LogP) is 1.85. The van der Waals surface area contributed by atoms with Gasteiger partial charge in [0.25, 0.3) is 5.91 Å². The molecule has 1 aliphatic rings. The Kier molecular flexibility index (Phi) is 5.03. The molecule has 0 fully saturated rings. The highest BCUT2D eigenvalue weighted by Crippen LogP contribution is 2.32. The number of amidine groups is 1. The summed E-state index contributed by atoms with van der Waals surface area (Å²) in [7, 11) is 1.52. The van der Waals surface area contributed by atoms with Gasteiger partial charge in [0.05, 0.1) is 12.2 Å². The van der Waals surface area contributed by atoms with Crippen molar-refractivity contribution < 1.29 is 19.4 Å². The molecule has 2 heterocycles. The minimum atomic E-state index is -1.13. The molecular weight excluding hydrogens is 310 g/mol. The summed E-state index contributed by atoms with van der Waals surface area (Å²) in [5, 5.41) is 12.2. The van der Waals surface area contributed by atoms with Gasteiger partial charge in [-0.05, 0) is 30.4 Å². The fourth-order valence-corrected chi connectivity index (χ4v) is 2.72. The highest BCUT2D eigenvalue weighted by atomic mass is 16.5. The van der Waals surface area contributed by atoms with E-state index in [1.54, 1.807) is 6.92 Å². The minimum absolute atomic E-state index is 0.00366. The first kappa shape index (κ1) is 18.1. The Balaban J connectivity index is 2.49. The standard InChI is InChI=1S/C17H23N3O4/c1-9(2)10(3)17(4)16(23)19-14(20-17)13-12(15(21)22)6-11(7-18-13)8-24-5/h6-7,9-10H,8H2,1-5H3,(H,21,22)(H,19,20,23). The van der Waals surface area contributed by atoms with Crippen LogP contribution in [-0.2, 0) is 16.1 Å². The van der Waals surface area contributed by atoms with E-state index in [1.807, 2.05) is 20.8 Å². The average Bonchev–Trinajstić information content (AvgIpc) is 2.83. The molecule has 24 heavy (non-hydrogen) atoms. The lowest BCUT2D eigenvalue weighted by molar-refractivity contribution is -0.125. The quantitative estimate of drug-likeness (QED) is 0.827. The van der Waals surface area contributed by atoms with Crippen LogP contribution in [0.4, 0.5) is 0 Å². The van der Waals surface area contributed by atoms with Crippen LogP contribution in [-0.4, -0.2) is 40.5 Å². The van der Waals surface area contributed by atoms with Gasteiger partial charge in [0.2, 0.25) is 0 Å². The first-order valence-corrected chi connectivity index (χ1v) is 7.83. The maximum absolute atomic E-state index is 12.5. The molecular formula is C17H23N3O4. The third-order valence-corrected chi connectivity index (χ3v) is 4.63. The summed E-state index contributed by atoms with van der Waals surface area (Å²) in [5.74, 6) is -0.914. The van der Waals surface area contributed by atoms with Crippen molar-refractivity contribution in [2.75, 3.05) is 7.11 Å². The molecule has 7 heteroatoms. The summed E-state index contributed by atoms with van der Waals surface area (Å²) in [6.45, 7) is 8.03. The third-order valence-electron chi connectivity index (χ3n) is 4.63. The number of ether oxygens (including phenoxy) is 1. The molecule has 0 bridgehead atoms. The lowest BCUT2D eigenvalue weighted by atomic mass is 9.80. The zero-order valence-corrected chi connectivity index (χ0v) is 14.6. The fraction of sp³-hybridized carbons (Fsp3) is 0.529. The van der Waals surface area contributed by atoms with Gasteiger partial charge in [-0.15, -0.1) is 0 Å². The number of nitrogens with zero attached hydrogens (tertiary/aromatic N) is 2. The zero-order chi connectivity index (χ0) is 18.1. The molecule has 1 amide bonds. The molecule has 2 N–H and O–H groups in total. The number of carbonyl (C=O) groups excluding carboxylic acids is 1. The lowest BCUT2D eigenvalue weighted by Crippen LogP contribution is -2.44. The average molecular weight is 333 g/mol.